The highest BCUT2D eigenvalue weighted by molar-refractivity contribution is 5.99. The van der Waals surface area contributed by atoms with Crippen molar-refractivity contribution in [3.63, 3.8) is 0 Å². The second-order valence-corrected chi connectivity index (χ2v) is 8.49. The molecule has 1 N–H and O–H groups in total. The summed E-state index contributed by atoms with van der Waals surface area (Å²) in [6, 6.07) is 16.1. The molecule has 2 heterocycles. The Morgan fingerprint density at radius 3 is 2.77 bits per heavy atom. The molecule has 0 unspecified atom stereocenters. The van der Waals surface area contributed by atoms with E-state index < -0.39 is 0 Å². The topological polar surface area (TPSA) is 62.3 Å². The van der Waals surface area contributed by atoms with Gasteiger partial charge in [0.1, 0.15) is 0 Å². The van der Waals surface area contributed by atoms with Crippen LogP contribution in [0.4, 0.5) is 0 Å². The summed E-state index contributed by atoms with van der Waals surface area (Å²) in [5, 5.41) is 3.05. The molecule has 2 amide bonds. The maximum absolute atomic E-state index is 12.8. The van der Waals surface area contributed by atoms with Crippen LogP contribution in [0.5, 0.6) is 0 Å². The van der Waals surface area contributed by atoms with Crippen molar-refractivity contribution >= 4 is 11.8 Å². The molecule has 1 fully saturated rings. The molecule has 5 heteroatoms. The zero-order valence-electron chi connectivity index (χ0n) is 17.6. The molecule has 5 rings (SSSR count). The SMILES string of the molecule is Cc1ccc(C(=O)NC2CC2)cc1-c1ccc2c(c1)CN(CCc1cccnc1)C2=O. The number of nitrogens with zero attached hydrogens (tertiary/aromatic N) is 2. The molecule has 1 aliphatic heterocycles. The fourth-order valence-electron chi connectivity index (χ4n) is 4.11. The van der Waals surface area contributed by atoms with Gasteiger partial charge in [-0.1, -0.05) is 18.2 Å². The van der Waals surface area contributed by atoms with Gasteiger partial charge in [0.15, 0.2) is 0 Å². The number of aryl methyl sites for hydroxylation is 1. The molecule has 0 radical (unpaired) electrons. The van der Waals surface area contributed by atoms with E-state index in [-0.39, 0.29) is 11.8 Å². The van der Waals surface area contributed by atoms with E-state index in [0.717, 1.165) is 52.6 Å². The van der Waals surface area contributed by atoms with Crippen LogP contribution in [0.1, 0.15) is 50.2 Å². The van der Waals surface area contributed by atoms with Gasteiger partial charge in [-0.05, 0) is 84.3 Å². The minimum atomic E-state index is -0.0123. The van der Waals surface area contributed by atoms with E-state index in [0.29, 0.717) is 24.7 Å². The van der Waals surface area contributed by atoms with Crippen molar-refractivity contribution in [2.24, 2.45) is 0 Å². The molecular formula is C26H25N3O2. The first-order valence-electron chi connectivity index (χ1n) is 10.8. The van der Waals surface area contributed by atoms with Gasteiger partial charge in [-0.3, -0.25) is 14.6 Å². The highest BCUT2D eigenvalue weighted by Gasteiger charge is 2.28. The molecule has 0 saturated heterocycles. The van der Waals surface area contributed by atoms with Crippen LogP contribution < -0.4 is 5.32 Å². The lowest BCUT2D eigenvalue weighted by Gasteiger charge is -2.15. The molecule has 2 aromatic carbocycles. The number of fused-ring (bicyclic) bond motifs is 1. The zero-order chi connectivity index (χ0) is 21.4. The summed E-state index contributed by atoms with van der Waals surface area (Å²) < 4.78 is 0. The van der Waals surface area contributed by atoms with Crippen molar-refractivity contribution in [3.8, 4) is 11.1 Å². The molecule has 3 aromatic rings. The molecule has 31 heavy (non-hydrogen) atoms. The summed E-state index contributed by atoms with van der Waals surface area (Å²) in [6.07, 6.45) is 6.54. The van der Waals surface area contributed by atoms with Gasteiger partial charge in [0.2, 0.25) is 0 Å². The number of rotatable bonds is 6. The van der Waals surface area contributed by atoms with Gasteiger partial charge in [0.25, 0.3) is 11.8 Å². The Kier molecular flexibility index (Phi) is 5.02. The van der Waals surface area contributed by atoms with Crippen molar-refractivity contribution in [2.45, 2.75) is 38.8 Å². The summed E-state index contributed by atoms with van der Waals surface area (Å²) in [7, 11) is 0. The molecular weight excluding hydrogens is 386 g/mol. The first-order valence-corrected chi connectivity index (χ1v) is 10.8. The fraction of sp³-hybridized carbons (Fsp3) is 0.269. The van der Waals surface area contributed by atoms with E-state index in [1.807, 2.05) is 53.6 Å². The van der Waals surface area contributed by atoms with Crippen LogP contribution in [0.2, 0.25) is 0 Å². The smallest absolute Gasteiger partial charge is 0.254 e. The van der Waals surface area contributed by atoms with Crippen LogP contribution >= 0.6 is 0 Å². The maximum Gasteiger partial charge on any atom is 0.254 e. The van der Waals surface area contributed by atoms with Crippen LogP contribution in [-0.2, 0) is 13.0 Å². The van der Waals surface area contributed by atoms with Crippen LogP contribution in [0.15, 0.2) is 60.9 Å². The standard InChI is InChI=1S/C26H25N3O2/c1-17-4-5-20(25(30)28-22-7-8-22)14-24(17)19-6-9-23-21(13-19)16-29(26(23)31)12-10-18-3-2-11-27-15-18/h2-6,9,11,13-15,22H,7-8,10,12,16H2,1H3,(H,28,30). The number of nitrogens with one attached hydrogen (secondary N) is 1. The maximum atomic E-state index is 12.8. The predicted octanol–water partition coefficient (Wildman–Crippen LogP) is 4.15. The summed E-state index contributed by atoms with van der Waals surface area (Å²) >= 11 is 0. The molecule has 0 atom stereocenters. The summed E-state index contributed by atoms with van der Waals surface area (Å²) in [4.78, 5) is 31.4. The summed E-state index contributed by atoms with van der Waals surface area (Å²) in [6.45, 7) is 3.34. The Morgan fingerprint density at radius 2 is 2.00 bits per heavy atom. The minimum Gasteiger partial charge on any atom is -0.349 e. The second-order valence-electron chi connectivity index (χ2n) is 8.49. The first kappa shape index (κ1) is 19.5. The van der Waals surface area contributed by atoms with Crippen LogP contribution in [0.25, 0.3) is 11.1 Å². The molecule has 2 aliphatic rings. The Morgan fingerprint density at radius 1 is 1.13 bits per heavy atom. The summed E-state index contributed by atoms with van der Waals surface area (Å²) in [5.41, 5.74) is 6.81. The van der Waals surface area contributed by atoms with Gasteiger partial charge in [0, 0.05) is 42.7 Å². The van der Waals surface area contributed by atoms with E-state index in [4.69, 9.17) is 0 Å². The number of hydrogen-bond acceptors (Lipinski definition) is 3. The van der Waals surface area contributed by atoms with E-state index in [2.05, 4.69) is 23.3 Å². The Hall–Kier alpha value is -3.47. The number of pyridine rings is 1. The highest BCUT2D eigenvalue weighted by atomic mass is 16.2. The molecule has 1 saturated carbocycles. The van der Waals surface area contributed by atoms with E-state index >= 15 is 0 Å². The predicted molar refractivity (Wildman–Crippen MR) is 120 cm³/mol. The zero-order valence-corrected chi connectivity index (χ0v) is 17.6. The average molecular weight is 412 g/mol. The monoisotopic (exact) mass is 411 g/mol. The highest BCUT2D eigenvalue weighted by Crippen LogP contribution is 2.31. The molecule has 0 bridgehead atoms. The van der Waals surface area contributed by atoms with Gasteiger partial charge in [-0.15, -0.1) is 0 Å². The molecule has 156 valence electrons. The molecule has 5 nitrogen and oxygen atoms in total. The lowest BCUT2D eigenvalue weighted by atomic mass is 9.95. The van der Waals surface area contributed by atoms with Gasteiger partial charge >= 0.3 is 0 Å². The van der Waals surface area contributed by atoms with Crippen molar-refractivity contribution in [1.29, 1.82) is 0 Å². The lowest BCUT2D eigenvalue weighted by Crippen LogP contribution is -2.26. The van der Waals surface area contributed by atoms with Crippen LogP contribution in [-0.4, -0.2) is 34.3 Å². The van der Waals surface area contributed by atoms with Crippen LogP contribution in [0.3, 0.4) is 0 Å². The van der Waals surface area contributed by atoms with E-state index in [1.54, 1.807) is 6.20 Å². The summed E-state index contributed by atoms with van der Waals surface area (Å²) in [5.74, 6) is 0.0707. The molecule has 1 aromatic heterocycles. The average Bonchev–Trinajstić information content (AvgIpc) is 3.55. The quantitative estimate of drug-likeness (QED) is 0.663. The van der Waals surface area contributed by atoms with Crippen molar-refractivity contribution < 1.29 is 9.59 Å². The number of hydrogen-bond donors (Lipinski definition) is 1. The number of carbonyl (C=O) groups is 2. The number of amides is 2. The minimum absolute atomic E-state index is 0.0123. The fourth-order valence-corrected chi connectivity index (χ4v) is 4.11. The van der Waals surface area contributed by atoms with Crippen LogP contribution in [0, 0.1) is 6.92 Å². The first-order chi connectivity index (χ1) is 15.1. The van der Waals surface area contributed by atoms with Crippen molar-refractivity contribution in [2.75, 3.05) is 6.54 Å². The van der Waals surface area contributed by atoms with Gasteiger partial charge in [-0.25, -0.2) is 0 Å². The number of aromatic nitrogens is 1. The normalized spacial score (nSPS) is 15.1. The molecule has 0 spiro atoms. The number of carbonyl (C=O) groups excluding carboxylic acids is 2. The van der Waals surface area contributed by atoms with Crippen molar-refractivity contribution in [1.82, 2.24) is 15.2 Å². The third-order valence-electron chi connectivity index (χ3n) is 6.10. The Balaban J connectivity index is 1.35. The second kappa shape index (κ2) is 7.99. The third-order valence-corrected chi connectivity index (χ3v) is 6.10. The van der Waals surface area contributed by atoms with Gasteiger partial charge in [0.05, 0.1) is 0 Å². The van der Waals surface area contributed by atoms with Gasteiger partial charge < -0.3 is 10.2 Å². The molecule has 1 aliphatic carbocycles. The van der Waals surface area contributed by atoms with E-state index in [9.17, 15) is 9.59 Å². The van der Waals surface area contributed by atoms with E-state index in [1.165, 1.54) is 0 Å². The largest absolute Gasteiger partial charge is 0.349 e. The van der Waals surface area contributed by atoms with Gasteiger partial charge in [-0.2, -0.15) is 0 Å². The third kappa shape index (κ3) is 4.08. The van der Waals surface area contributed by atoms with Crippen molar-refractivity contribution in [3.05, 3.63) is 88.7 Å². The number of benzene rings is 2. The Labute approximate surface area is 182 Å². The lowest BCUT2D eigenvalue weighted by molar-refractivity contribution is 0.0780. The Bertz CT molecular complexity index is 1150.